The van der Waals surface area contributed by atoms with Crippen molar-refractivity contribution in [2.24, 2.45) is 5.73 Å². The highest BCUT2D eigenvalue weighted by atomic mass is 16.2. The van der Waals surface area contributed by atoms with Gasteiger partial charge in [0.2, 0.25) is 11.8 Å². The third-order valence-electron chi connectivity index (χ3n) is 3.71. The van der Waals surface area contributed by atoms with Crippen LogP contribution in [0.15, 0.2) is 24.3 Å². The SMILES string of the molecule is NC(=O)c1ccc(C[CH]C(=O)NC2CCCCC2)cc1. The largest absolute Gasteiger partial charge is 0.366 e. The number of benzene rings is 1. The van der Waals surface area contributed by atoms with Crippen molar-refractivity contribution in [2.45, 2.75) is 44.6 Å². The Morgan fingerprint density at radius 3 is 2.40 bits per heavy atom. The van der Waals surface area contributed by atoms with Gasteiger partial charge in [0, 0.05) is 11.6 Å². The Hall–Kier alpha value is -1.84. The maximum atomic E-state index is 11.8. The molecule has 107 valence electrons. The van der Waals surface area contributed by atoms with Crippen molar-refractivity contribution in [3.63, 3.8) is 0 Å². The quantitative estimate of drug-likeness (QED) is 0.861. The minimum atomic E-state index is -0.435. The van der Waals surface area contributed by atoms with Crippen LogP contribution in [0.3, 0.4) is 0 Å². The number of rotatable bonds is 5. The zero-order chi connectivity index (χ0) is 14.4. The fraction of sp³-hybridized carbons (Fsp3) is 0.438. The van der Waals surface area contributed by atoms with Crippen LogP contribution in [0.5, 0.6) is 0 Å². The summed E-state index contributed by atoms with van der Waals surface area (Å²) >= 11 is 0. The van der Waals surface area contributed by atoms with E-state index in [0.29, 0.717) is 18.0 Å². The lowest BCUT2D eigenvalue weighted by atomic mass is 9.95. The van der Waals surface area contributed by atoms with Crippen molar-refractivity contribution in [3.8, 4) is 0 Å². The molecule has 2 rings (SSSR count). The number of amides is 2. The summed E-state index contributed by atoms with van der Waals surface area (Å²) in [6.07, 6.45) is 8.10. The van der Waals surface area contributed by atoms with Gasteiger partial charge in [0.05, 0.1) is 6.42 Å². The van der Waals surface area contributed by atoms with E-state index in [-0.39, 0.29) is 5.91 Å². The Kier molecular flexibility index (Phi) is 5.16. The minimum Gasteiger partial charge on any atom is -0.366 e. The molecule has 0 aliphatic heterocycles. The van der Waals surface area contributed by atoms with E-state index < -0.39 is 5.91 Å². The summed E-state index contributed by atoms with van der Waals surface area (Å²) < 4.78 is 0. The third kappa shape index (κ3) is 4.37. The normalized spacial score (nSPS) is 15.8. The summed E-state index contributed by atoms with van der Waals surface area (Å²) in [4.78, 5) is 22.8. The van der Waals surface area contributed by atoms with Crippen LogP contribution < -0.4 is 11.1 Å². The highest BCUT2D eigenvalue weighted by Crippen LogP contribution is 2.17. The first-order valence-electron chi connectivity index (χ1n) is 7.17. The lowest BCUT2D eigenvalue weighted by Gasteiger charge is -2.22. The molecule has 0 heterocycles. The predicted octanol–water partition coefficient (Wildman–Crippen LogP) is 1.98. The highest BCUT2D eigenvalue weighted by molar-refractivity contribution is 5.92. The van der Waals surface area contributed by atoms with Gasteiger partial charge in [-0.1, -0.05) is 31.4 Å². The van der Waals surface area contributed by atoms with E-state index in [1.165, 1.54) is 19.3 Å². The smallest absolute Gasteiger partial charge is 0.248 e. The topological polar surface area (TPSA) is 72.2 Å². The second-order valence-electron chi connectivity index (χ2n) is 5.31. The van der Waals surface area contributed by atoms with Gasteiger partial charge < -0.3 is 11.1 Å². The first-order valence-corrected chi connectivity index (χ1v) is 7.17. The van der Waals surface area contributed by atoms with Crippen molar-refractivity contribution in [1.29, 1.82) is 0 Å². The van der Waals surface area contributed by atoms with Crippen LogP contribution in [0.1, 0.15) is 48.0 Å². The van der Waals surface area contributed by atoms with E-state index in [9.17, 15) is 9.59 Å². The summed E-state index contributed by atoms with van der Waals surface area (Å²) in [6.45, 7) is 0. The first kappa shape index (κ1) is 14.6. The summed E-state index contributed by atoms with van der Waals surface area (Å²) in [5.74, 6) is -0.438. The number of nitrogens with two attached hydrogens (primary N) is 1. The summed E-state index contributed by atoms with van der Waals surface area (Å²) in [6, 6.07) is 7.36. The summed E-state index contributed by atoms with van der Waals surface area (Å²) in [5, 5.41) is 3.05. The molecule has 4 heteroatoms. The van der Waals surface area contributed by atoms with Gasteiger partial charge in [-0.25, -0.2) is 0 Å². The Bertz CT molecular complexity index is 462. The number of hydrogen-bond acceptors (Lipinski definition) is 2. The zero-order valence-electron chi connectivity index (χ0n) is 11.6. The molecule has 0 unspecified atom stereocenters. The second kappa shape index (κ2) is 7.08. The molecular weight excluding hydrogens is 252 g/mol. The van der Waals surface area contributed by atoms with Gasteiger partial charge in [-0.15, -0.1) is 0 Å². The van der Waals surface area contributed by atoms with Crippen LogP contribution in [0.4, 0.5) is 0 Å². The van der Waals surface area contributed by atoms with Gasteiger partial charge in [0.25, 0.3) is 0 Å². The van der Waals surface area contributed by atoms with Crippen LogP contribution in [0, 0.1) is 6.42 Å². The first-order chi connectivity index (χ1) is 9.65. The van der Waals surface area contributed by atoms with Gasteiger partial charge in [-0.3, -0.25) is 9.59 Å². The monoisotopic (exact) mass is 273 g/mol. The molecule has 1 aromatic rings. The van der Waals surface area contributed by atoms with Gasteiger partial charge in [-0.2, -0.15) is 0 Å². The molecule has 0 atom stereocenters. The molecule has 0 bridgehead atoms. The van der Waals surface area contributed by atoms with Crippen LogP contribution in [0.2, 0.25) is 0 Å². The van der Waals surface area contributed by atoms with Gasteiger partial charge in [0.15, 0.2) is 0 Å². The van der Waals surface area contributed by atoms with Crippen molar-refractivity contribution < 1.29 is 9.59 Å². The highest BCUT2D eigenvalue weighted by Gasteiger charge is 2.15. The van der Waals surface area contributed by atoms with Crippen LogP contribution in [0.25, 0.3) is 0 Å². The van der Waals surface area contributed by atoms with Gasteiger partial charge in [0.1, 0.15) is 0 Å². The van der Waals surface area contributed by atoms with Crippen LogP contribution >= 0.6 is 0 Å². The second-order valence-corrected chi connectivity index (χ2v) is 5.31. The lowest BCUT2D eigenvalue weighted by molar-refractivity contribution is -0.118. The van der Waals surface area contributed by atoms with E-state index in [1.54, 1.807) is 18.6 Å². The van der Waals surface area contributed by atoms with E-state index >= 15 is 0 Å². The van der Waals surface area contributed by atoms with Crippen LogP contribution in [-0.4, -0.2) is 17.9 Å². The molecule has 2 amide bonds. The Morgan fingerprint density at radius 1 is 1.15 bits per heavy atom. The lowest BCUT2D eigenvalue weighted by Crippen LogP contribution is -2.36. The molecule has 3 N–H and O–H groups in total. The average Bonchev–Trinajstić information content (AvgIpc) is 2.46. The number of hydrogen-bond donors (Lipinski definition) is 2. The van der Waals surface area contributed by atoms with Crippen molar-refractivity contribution in [2.75, 3.05) is 0 Å². The molecular formula is C16H21N2O2. The molecule has 0 spiro atoms. The number of carbonyl (C=O) groups excluding carboxylic acids is 2. The molecule has 0 aromatic heterocycles. The van der Waals surface area contributed by atoms with E-state index in [4.69, 9.17) is 5.73 Å². The van der Waals surface area contributed by atoms with Crippen molar-refractivity contribution >= 4 is 11.8 Å². The zero-order valence-corrected chi connectivity index (χ0v) is 11.6. The molecule has 4 nitrogen and oxygen atoms in total. The molecule has 1 aliphatic carbocycles. The minimum absolute atomic E-state index is 0.00382. The maximum absolute atomic E-state index is 11.8. The predicted molar refractivity (Wildman–Crippen MR) is 78.0 cm³/mol. The molecule has 1 radical (unpaired) electrons. The summed E-state index contributed by atoms with van der Waals surface area (Å²) in [7, 11) is 0. The molecule has 1 saturated carbocycles. The Labute approximate surface area is 119 Å². The number of primary amides is 1. The standard InChI is InChI=1S/C16H21N2O2/c17-16(20)13-9-6-12(7-10-13)8-11-15(19)18-14-4-2-1-3-5-14/h6-7,9-11,14H,1-5,8H2,(H2,17,20)(H,18,19). The van der Waals surface area contributed by atoms with Crippen LogP contribution in [-0.2, 0) is 11.2 Å². The van der Waals surface area contributed by atoms with Crippen molar-refractivity contribution in [3.05, 3.63) is 41.8 Å². The van der Waals surface area contributed by atoms with E-state index in [0.717, 1.165) is 18.4 Å². The fourth-order valence-corrected chi connectivity index (χ4v) is 2.52. The Morgan fingerprint density at radius 2 is 1.80 bits per heavy atom. The maximum Gasteiger partial charge on any atom is 0.248 e. The molecule has 1 fully saturated rings. The van der Waals surface area contributed by atoms with Crippen molar-refractivity contribution in [1.82, 2.24) is 5.32 Å². The summed E-state index contributed by atoms with van der Waals surface area (Å²) in [5.41, 5.74) is 6.66. The Balaban J connectivity index is 1.76. The van der Waals surface area contributed by atoms with Gasteiger partial charge in [-0.05, 0) is 37.0 Å². The fourth-order valence-electron chi connectivity index (χ4n) is 2.52. The number of nitrogens with one attached hydrogen (secondary N) is 1. The third-order valence-corrected chi connectivity index (χ3v) is 3.71. The number of carbonyl (C=O) groups is 2. The van der Waals surface area contributed by atoms with Gasteiger partial charge >= 0.3 is 0 Å². The van der Waals surface area contributed by atoms with E-state index in [1.807, 2.05) is 12.1 Å². The molecule has 20 heavy (non-hydrogen) atoms. The molecule has 0 saturated heterocycles. The molecule has 1 aromatic carbocycles. The average molecular weight is 273 g/mol. The van der Waals surface area contributed by atoms with E-state index in [2.05, 4.69) is 5.32 Å². The molecule has 1 aliphatic rings.